The number of nitrogens with zero attached hydrogens (tertiary/aromatic N) is 3. The Labute approximate surface area is 171 Å². The Morgan fingerprint density at radius 3 is 2.81 bits per heavy atom. The number of nitrogens with one attached hydrogen (secondary N) is 1. The Kier molecular flexibility index (Phi) is 7.09. The van der Waals surface area contributed by atoms with Crippen LogP contribution in [0, 0.1) is 0 Å². The molecule has 0 saturated heterocycles. The van der Waals surface area contributed by atoms with Crippen LogP contribution in [0.25, 0.3) is 11.4 Å². The van der Waals surface area contributed by atoms with Crippen molar-refractivity contribution in [1.82, 2.24) is 20.1 Å². The van der Waals surface area contributed by atoms with Gasteiger partial charge >= 0.3 is 0 Å². The third-order valence-electron chi connectivity index (χ3n) is 3.74. The number of benzene rings is 1. The van der Waals surface area contributed by atoms with E-state index < -0.39 is 0 Å². The largest absolute Gasteiger partial charge is 0.355 e. The SMILES string of the molecule is C=CCn1c(SCC(=O)NCCc2cccs2)nnc1-c1ccc(Cl)cc1. The van der Waals surface area contributed by atoms with Crippen LogP contribution in [0.3, 0.4) is 0 Å². The van der Waals surface area contributed by atoms with Crippen LogP contribution in [0.2, 0.25) is 5.02 Å². The number of carbonyl (C=O) groups excluding carboxylic acids is 1. The van der Waals surface area contributed by atoms with Gasteiger partial charge < -0.3 is 5.32 Å². The molecule has 3 rings (SSSR count). The zero-order valence-electron chi connectivity index (χ0n) is 14.6. The van der Waals surface area contributed by atoms with Crippen LogP contribution in [0.15, 0.2) is 59.6 Å². The van der Waals surface area contributed by atoms with E-state index in [4.69, 9.17) is 11.6 Å². The number of hydrogen-bond acceptors (Lipinski definition) is 5. The lowest BCUT2D eigenvalue weighted by molar-refractivity contribution is -0.118. The molecule has 2 aromatic heterocycles. The molecular weight excluding hydrogens is 400 g/mol. The summed E-state index contributed by atoms with van der Waals surface area (Å²) in [5.74, 6) is 1.00. The summed E-state index contributed by atoms with van der Waals surface area (Å²) in [7, 11) is 0. The molecule has 1 aromatic carbocycles. The number of halogens is 1. The first-order chi connectivity index (χ1) is 13.2. The second-order valence-electron chi connectivity index (χ2n) is 5.68. The standard InChI is InChI=1S/C19H19ClN4OS2/c1-2-11-24-18(14-5-7-15(20)8-6-14)22-23-19(24)27-13-17(25)21-10-9-16-4-3-12-26-16/h2-8,12H,1,9-11,13H2,(H,21,25). The Morgan fingerprint density at radius 2 is 2.11 bits per heavy atom. The van der Waals surface area contributed by atoms with Gasteiger partial charge in [0.2, 0.25) is 5.91 Å². The van der Waals surface area contributed by atoms with E-state index in [1.807, 2.05) is 40.3 Å². The van der Waals surface area contributed by atoms with Crippen molar-refractivity contribution in [2.24, 2.45) is 0 Å². The van der Waals surface area contributed by atoms with E-state index in [-0.39, 0.29) is 5.91 Å². The van der Waals surface area contributed by atoms with E-state index in [1.165, 1.54) is 16.6 Å². The molecule has 1 N–H and O–H groups in total. The van der Waals surface area contributed by atoms with Crippen LogP contribution in [-0.4, -0.2) is 33.0 Å². The molecule has 1 amide bonds. The van der Waals surface area contributed by atoms with Crippen molar-refractivity contribution in [3.63, 3.8) is 0 Å². The Morgan fingerprint density at radius 1 is 1.30 bits per heavy atom. The van der Waals surface area contributed by atoms with Gasteiger partial charge in [-0.1, -0.05) is 35.5 Å². The number of rotatable bonds is 9. The van der Waals surface area contributed by atoms with E-state index in [2.05, 4.69) is 28.2 Å². The molecule has 5 nitrogen and oxygen atoms in total. The minimum Gasteiger partial charge on any atom is -0.355 e. The summed E-state index contributed by atoms with van der Waals surface area (Å²) >= 11 is 9.02. The topological polar surface area (TPSA) is 59.8 Å². The van der Waals surface area contributed by atoms with Crippen LogP contribution in [0.4, 0.5) is 0 Å². The first-order valence-corrected chi connectivity index (χ1v) is 10.6. The highest BCUT2D eigenvalue weighted by Crippen LogP contribution is 2.25. The number of carbonyl (C=O) groups is 1. The maximum atomic E-state index is 12.1. The van der Waals surface area contributed by atoms with E-state index >= 15 is 0 Å². The monoisotopic (exact) mass is 418 g/mol. The van der Waals surface area contributed by atoms with Gasteiger partial charge in [-0.3, -0.25) is 9.36 Å². The second-order valence-corrected chi connectivity index (χ2v) is 8.09. The van der Waals surface area contributed by atoms with E-state index in [0.717, 1.165) is 17.8 Å². The average Bonchev–Trinajstić information content (AvgIpc) is 3.31. The Balaban J connectivity index is 1.59. The summed E-state index contributed by atoms with van der Waals surface area (Å²) in [5.41, 5.74) is 0.918. The molecule has 0 bridgehead atoms. The fourth-order valence-electron chi connectivity index (χ4n) is 2.46. The van der Waals surface area contributed by atoms with Crippen LogP contribution in [0.5, 0.6) is 0 Å². The second kappa shape index (κ2) is 9.73. The van der Waals surface area contributed by atoms with E-state index in [9.17, 15) is 4.79 Å². The van der Waals surface area contributed by atoms with Gasteiger partial charge in [-0.25, -0.2) is 0 Å². The molecule has 0 saturated carbocycles. The molecule has 140 valence electrons. The Hall–Kier alpha value is -2.09. The quantitative estimate of drug-likeness (QED) is 0.415. The van der Waals surface area contributed by atoms with Gasteiger partial charge in [-0.05, 0) is 42.1 Å². The van der Waals surface area contributed by atoms with Gasteiger partial charge in [0, 0.05) is 28.6 Å². The summed E-state index contributed by atoms with van der Waals surface area (Å²) in [6.07, 6.45) is 2.63. The lowest BCUT2D eigenvalue weighted by Crippen LogP contribution is -2.27. The van der Waals surface area contributed by atoms with Crippen LogP contribution in [0.1, 0.15) is 4.88 Å². The number of thiophene rings is 1. The predicted molar refractivity (Wildman–Crippen MR) is 112 cm³/mol. The van der Waals surface area contributed by atoms with Crippen molar-refractivity contribution >= 4 is 40.6 Å². The number of amides is 1. The van der Waals surface area contributed by atoms with Crippen LogP contribution < -0.4 is 5.32 Å². The van der Waals surface area contributed by atoms with Crippen molar-refractivity contribution in [1.29, 1.82) is 0 Å². The van der Waals surface area contributed by atoms with Crippen LogP contribution >= 0.6 is 34.7 Å². The molecule has 27 heavy (non-hydrogen) atoms. The minimum absolute atomic E-state index is 0.0160. The number of hydrogen-bond donors (Lipinski definition) is 1. The smallest absolute Gasteiger partial charge is 0.230 e. The highest BCUT2D eigenvalue weighted by atomic mass is 35.5. The molecule has 0 unspecified atom stereocenters. The first-order valence-electron chi connectivity index (χ1n) is 8.39. The van der Waals surface area contributed by atoms with Crippen molar-refractivity contribution in [3.8, 4) is 11.4 Å². The summed E-state index contributed by atoms with van der Waals surface area (Å²) in [6, 6.07) is 11.5. The van der Waals surface area contributed by atoms with Crippen molar-refractivity contribution in [2.75, 3.05) is 12.3 Å². The van der Waals surface area contributed by atoms with E-state index in [0.29, 0.717) is 29.0 Å². The Bertz CT molecular complexity index is 891. The molecule has 0 aliphatic heterocycles. The van der Waals surface area contributed by atoms with Gasteiger partial charge in [-0.15, -0.1) is 28.1 Å². The molecule has 0 radical (unpaired) electrons. The molecule has 0 atom stereocenters. The minimum atomic E-state index is -0.0160. The predicted octanol–water partition coefficient (Wildman–Crippen LogP) is 4.30. The summed E-state index contributed by atoms with van der Waals surface area (Å²) in [6.45, 7) is 5.00. The van der Waals surface area contributed by atoms with Crippen molar-refractivity contribution in [2.45, 2.75) is 18.1 Å². The molecular formula is C19H19ClN4OS2. The summed E-state index contributed by atoms with van der Waals surface area (Å²) in [5, 5.41) is 14.9. The fourth-order valence-corrected chi connectivity index (χ4v) is 4.08. The van der Waals surface area contributed by atoms with Gasteiger partial charge in [0.25, 0.3) is 0 Å². The summed E-state index contributed by atoms with van der Waals surface area (Å²) in [4.78, 5) is 13.4. The number of allylic oxidation sites excluding steroid dienone is 1. The van der Waals surface area contributed by atoms with Crippen molar-refractivity contribution in [3.05, 3.63) is 64.3 Å². The van der Waals surface area contributed by atoms with Gasteiger partial charge in [-0.2, -0.15) is 0 Å². The molecule has 8 heteroatoms. The number of aromatic nitrogens is 3. The first kappa shape index (κ1) is 19.7. The van der Waals surface area contributed by atoms with Gasteiger partial charge in [0.1, 0.15) is 0 Å². The lowest BCUT2D eigenvalue weighted by Gasteiger charge is -2.08. The van der Waals surface area contributed by atoms with E-state index in [1.54, 1.807) is 17.4 Å². The van der Waals surface area contributed by atoms with Gasteiger partial charge in [0.15, 0.2) is 11.0 Å². The molecule has 0 aliphatic carbocycles. The third-order valence-corrected chi connectivity index (χ3v) is 5.89. The highest BCUT2D eigenvalue weighted by molar-refractivity contribution is 7.99. The van der Waals surface area contributed by atoms with Crippen LogP contribution in [-0.2, 0) is 17.8 Å². The fraction of sp³-hybridized carbons (Fsp3) is 0.211. The summed E-state index contributed by atoms with van der Waals surface area (Å²) < 4.78 is 1.94. The maximum Gasteiger partial charge on any atom is 0.230 e. The lowest BCUT2D eigenvalue weighted by atomic mass is 10.2. The zero-order chi connectivity index (χ0) is 19.1. The molecule has 2 heterocycles. The normalized spacial score (nSPS) is 10.7. The third kappa shape index (κ3) is 5.45. The zero-order valence-corrected chi connectivity index (χ0v) is 17.0. The molecule has 0 aliphatic rings. The number of thioether (sulfide) groups is 1. The molecule has 3 aromatic rings. The van der Waals surface area contributed by atoms with Crippen molar-refractivity contribution < 1.29 is 4.79 Å². The maximum absolute atomic E-state index is 12.1. The molecule has 0 spiro atoms. The molecule has 0 fully saturated rings. The van der Waals surface area contributed by atoms with Gasteiger partial charge in [0.05, 0.1) is 5.75 Å². The average molecular weight is 419 g/mol. The highest BCUT2D eigenvalue weighted by Gasteiger charge is 2.15.